The Labute approximate surface area is 109 Å². The van der Waals surface area contributed by atoms with Crippen molar-refractivity contribution in [1.29, 1.82) is 0 Å². The van der Waals surface area contributed by atoms with Crippen molar-refractivity contribution in [2.45, 2.75) is 19.5 Å². The summed E-state index contributed by atoms with van der Waals surface area (Å²) >= 11 is 6.09. The molecule has 96 valence electrons. The molecule has 0 aliphatic heterocycles. The van der Waals surface area contributed by atoms with E-state index in [-0.39, 0.29) is 0 Å². The van der Waals surface area contributed by atoms with Crippen molar-refractivity contribution in [1.82, 2.24) is 20.2 Å². The molecule has 3 N–H and O–H groups in total. The summed E-state index contributed by atoms with van der Waals surface area (Å²) in [4.78, 5) is 3.80. The lowest BCUT2D eigenvalue weighted by Gasteiger charge is -2.18. The standard InChI is InChI=1S/C11H13ClFN5/c1-2-18-11(9(12)6-16-18)10(17-14)7-3-8(13)5-15-4-7/h3-6,10,17H,2,14H2,1H3. The van der Waals surface area contributed by atoms with Crippen LogP contribution < -0.4 is 11.3 Å². The van der Waals surface area contributed by atoms with Gasteiger partial charge in [0.2, 0.25) is 0 Å². The normalized spacial score (nSPS) is 12.7. The van der Waals surface area contributed by atoms with E-state index in [0.29, 0.717) is 22.8 Å². The molecule has 18 heavy (non-hydrogen) atoms. The molecule has 0 saturated heterocycles. The maximum Gasteiger partial charge on any atom is 0.141 e. The fraction of sp³-hybridized carbons (Fsp3) is 0.273. The quantitative estimate of drug-likeness (QED) is 0.654. The second-order valence-electron chi connectivity index (χ2n) is 3.73. The number of hydrazine groups is 1. The van der Waals surface area contributed by atoms with Gasteiger partial charge >= 0.3 is 0 Å². The molecule has 0 aliphatic rings. The van der Waals surface area contributed by atoms with Gasteiger partial charge in [0.05, 0.1) is 29.2 Å². The molecular formula is C11H13ClFN5. The van der Waals surface area contributed by atoms with Crippen molar-refractivity contribution < 1.29 is 4.39 Å². The number of aromatic nitrogens is 3. The Morgan fingerprint density at radius 1 is 1.50 bits per heavy atom. The predicted molar refractivity (Wildman–Crippen MR) is 66.3 cm³/mol. The summed E-state index contributed by atoms with van der Waals surface area (Å²) in [6.45, 7) is 2.58. The van der Waals surface area contributed by atoms with Crippen molar-refractivity contribution in [3.63, 3.8) is 0 Å². The zero-order chi connectivity index (χ0) is 13.1. The van der Waals surface area contributed by atoms with Crippen molar-refractivity contribution in [3.05, 3.63) is 46.8 Å². The number of nitrogens with one attached hydrogen (secondary N) is 1. The van der Waals surface area contributed by atoms with E-state index in [1.165, 1.54) is 18.5 Å². The zero-order valence-corrected chi connectivity index (χ0v) is 10.5. The van der Waals surface area contributed by atoms with E-state index in [0.717, 1.165) is 6.20 Å². The molecule has 0 bridgehead atoms. The van der Waals surface area contributed by atoms with E-state index in [2.05, 4.69) is 15.5 Å². The smallest absolute Gasteiger partial charge is 0.141 e. The lowest BCUT2D eigenvalue weighted by Crippen LogP contribution is -2.31. The second-order valence-corrected chi connectivity index (χ2v) is 4.14. The fourth-order valence-corrected chi connectivity index (χ4v) is 2.08. The van der Waals surface area contributed by atoms with Crippen LogP contribution in [0.1, 0.15) is 24.2 Å². The highest BCUT2D eigenvalue weighted by molar-refractivity contribution is 6.31. The van der Waals surface area contributed by atoms with Crippen LogP contribution in [0.3, 0.4) is 0 Å². The maximum absolute atomic E-state index is 13.2. The van der Waals surface area contributed by atoms with Crippen LogP contribution in [0.25, 0.3) is 0 Å². The van der Waals surface area contributed by atoms with E-state index >= 15 is 0 Å². The Balaban J connectivity index is 2.48. The number of aryl methyl sites for hydroxylation is 1. The van der Waals surface area contributed by atoms with Gasteiger partial charge < -0.3 is 0 Å². The third-order valence-electron chi connectivity index (χ3n) is 2.63. The highest BCUT2D eigenvalue weighted by Gasteiger charge is 2.21. The van der Waals surface area contributed by atoms with Gasteiger partial charge in [-0.15, -0.1) is 0 Å². The summed E-state index contributed by atoms with van der Waals surface area (Å²) in [6.07, 6.45) is 4.21. The van der Waals surface area contributed by atoms with Crippen molar-refractivity contribution in [2.75, 3.05) is 0 Å². The number of pyridine rings is 1. The molecule has 1 atom stereocenters. The molecule has 1 unspecified atom stereocenters. The number of rotatable bonds is 4. The summed E-state index contributed by atoms with van der Waals surface area (Å²) < 4.78 is 14.9. The van der Waals surface area contributed by atoms with Crippen LogP contribution in [0.5, 0.6) is 0 Å². The minimum Gasteiger partial charge on any atom is -0.271 e. The van der Waals surface area contributed by atoms with Gasteiger partial charge in [0.25, 0.3) is 0 Å². The van der Waals surface area contributed by atoms with Gasteiger partial charge in [-0.2, -0.15) is 5.10 Å². The Bertz CT molecular complexity index is 542. The lowest BCUT2D eigenvalue weighted by atomic mass is 10.1. The number of hydrogen-bond acceptors (Lipinski definition) is 4. The molecule has 0 radical (unpaired) electrons. The SMILES string of the molecule is CCn1ncc(Cl)c1C(NN)c1cncc(F)c1. The molecule has 0 fully saturated rings. The van der Waals surface area contributed by atoms with E-state index in [4.69, 9.17) is 17.4 Å². The first kappa shape index (κ1) is 12.9. The molecule has 0 spiro atoms. The number of nitrogens with two attached hydrogens (primary N) is 1. The Hall–Kier alpha value is -1.50. The van der Waals surface area contributed by atoms with Crippen molar-refractivity contribution in [2.24, 2.45) is 5.84 Å². The van der Waals surface area contributed by atoms with E-state index in [9.17, 15) is 4.39 Å². The van der Waals surface area contributed by atoms with Crippen LogP contribution in [-0.4, -0.2) is 14.8 Å². The van der Waals surface area contributed by atoms with Gasteiger partial charge in [0.15, 0.2) is 0 Å². The largest absolute Gasteiger partial charge is 0.271 e. The number of nitrogens with zero attached hydrogens (tertiary/aromatic N) is 3. The van der Waals surface area contributed by atoms with E-state index in [1.54, 1.807) is 4.68 Å². The first-order valence-corrected chi connectivity index (χ1v) is 5.83. The molecular weight excluding hydrogens is 257 g/mol. The minimum atomic E-state index is -0.455. The van der Waals surface area contributed by atoms with E-state index < -0.39 is 11.9 Å². The third kappa shape index (κ3) is 2.35. The summed E-state index contributed by atoms with van der Waals surface area (Å²) in [7, 11) is 0. The minimum absolute atomic E-state index is 0.425. The van der Waals surface area contributed by atoms with Crippen LogP contribution in [0.2, 0.25) is 5.02 Å². The van der Waals surface area contributed by atoms with Crippen molar-refractivity contribution in [3.8, 4) is 0 Å². The summed E-state index contributed by atoms with van der Waals surface area (Å²) in [6, 6.07) is 0.907. The first-order chi connectivity index (χ1) is 8.67. The van der Waals surface area contributed by atoms with E-state index in [1.807, 2.05) is 6.92 Å². The van der Waals surface area contributed by atoms with Crippen LogP contribution in [0, 0.1) is 5.82 Å². The first-order valence-electron chi connectivity index (χ1n) is 5.45. The topological polar surface area (TPSA) is 68.8 Å². The molecule has 2 aromatic rings. The van der Waals surface area contributed by atoms with Crippen LogP contribution in [0.15, 0.2) is 24.7 Å². The summed E-state index contributed by atoms with van der Waals surface area (Å²) in [5.41, 5.74) is 3.89. The molecule has 7 heteroatoms. The van der Waals surface area contributed by atoms with Crippen LogP contribution >= 0.6 is 11.6 Å². The third-order valence-corrected chi connectivity index (χ3v) is 2.92. The highest BCUT2D eigenvalue weighted by Crippen LogP contribution is 2.27. The molecule has 2 aromatic heterocycles. The average molecular weight is 270 g/mol. The van der Waals surface area contributed by atoms with Gasteiger partial charge in [-0.25, -0.2) is 9.82 Å². The molecule has 2 rings (SSSR count). The summed E-state index contributed by atoms with van der Waals surface area (Å²) in [5.74, 6) is 5.11. The number of hydrogen-bond donors (Lipinski definition) is 2. The lowest BCUT2D eigenvalue weighted by molar-refractivity contribution is 0.537. The Morgan fingerprint density at radius 2 is 2.28 bits per heavy atom. The fourth-order valence-electron chi connectivity index (χ4n) is 1.83. The molecule has 0 saturated carbocycles. The summed E-state index contributed by atoms with van der Waals surface area (Å²) in [5, 5.41) is 4.60. The molecule has 5 nitrogen and oxygen atoms in total. The zero-order valence-electron chi connectivity index (χ0n) is 9.77. The molecule has 0 aliphatic carbocycles. The Kier molecular flexibility index (Phi) is 3.90. The van der Waals surface area contributed by atoms with Crippen molar-refractivity contribution >= 4 is 11.6 Å². The molecule has 0 aromatic carbocycles. The van der Waals surface area contributed by atoms with Gasteiger partial charge in [-0.3, -0.25) is 15.5 Å². The highest BCUT2D eigenvalue weighted by atomic mass is 35.5. The van der Waals surface area contributed by atoms with Gasteiger partial charge in [-0.1, -0.05) is 11.6 Å². The molecule has 0 amide bonds. The maximum atomic E-state index is 13.2. The van der Waals surface area contributed by atoms with Gasteiger partial charge in [0.1, 0.15) is 5.82 Å². The monoisotopic (exact) mass is 269 g/mol. The second kappa shape index (κ2) is 5.43. The van der Waals surface area contributed by atoms with Crippen LogP contribution in [0.4, 0.5) is 4.39 Å². The number of halogens is 2. The predicted octanol–water partition coefficient (Wildman–Crippen LogP) is 1.64. The van der Waals surface area contributed by atoms with Crippen LogP contribution in [-0.2, 0) is 6.54 Å². The molecule has 2 heterocycles. The van der Waals surface area contributed by atoms with Gasteiger partial charge in [-0.05, 0) is 18.6 Å². The average Bonchev–Trinajstić information content (AvgIpc) is 2.72. The van der Waals surface area contributed by atoms with Gasteiger partial charge in [0, 0.05) is 12.7 Å². The Morgan fingerprint density at radius 3 is 2.89 bits per heavy atom.